The van der Waals surface area contributed by atoms with Gasteiger partial charge in [-0.3, -0.25) is 14.8 Å². The van der Waals surface area contributed by atoms with Crippen molar-refractivity contribution in [3.63, 3.8) is 0 Å². The van der Waals surface area contributed by atoms with Gasteiger partial charge in [0.05, 0.1) is 28.5 Å². The van der Waals surface area contributed by atoms with Crippen LogP contribution in [-0.4, -0.2) is 42.1 Å². The summed E-state index contributed by atoms with van der Waals surface area (Å²) in [6, 6.07) is 8.19. The van der Waals surface area contributed by atoms with Gasteiger partial charge in [-0.1, -0.05) is 24.3 Å². The fourth-order valence-corrected chi connectivity index (χ4v) is 4.58. The average Bonchev–Trinajstić information content (AvgIpc) is 3.39. The van der Waals surface area contributed by atoms with Crippen molar-refractivity contribution in [2.45, 2.75) is 32.2 Å². The Morgan fingerprint density at radius 1 is 1.33 bits per heavy atom. The first-order chi connectivity index (χ1) is 14.7. The number of aliphatic imine (C=N–C) groups is 2. The lowest BCUT2D eigenvalue weighted by atomic mass is 10.0. The smallest absolute Gasteiger partial charge is 0.226 e. The zero-order valence-electron chi connectivity index (χ0n) is 17.2. The number of amides is 1. The normalized spacial score (nSPS) is 19.5. The van der Waals surface area contributed by atoms with Crippen LogP contribution in [0.3, 0.4) is 0 Å². The van der Waals surface area contributed by atoms with Crippen LogP contribution >= 0.6 is 11.3 Å². The number of aromatic nitrogens is 1. The monoisotopic (exact) mass is 419 g/mol. The third-order valence-corrected chi connectivity index (χ3v) is 6.18. The number of carbonyl (C=O) groups excluding carboxylic acids is 1. The molecule has 1 aliphatic carbocycles. The Morgan fingerprint density at radius 2 is 2.20 bits per heavy atom. The van der Waals surface area contributed by atoms with Crippen LogP contribution in [0, 0.1) is 0 Å². The minimum absolute atomic E-state index is 0.0000446. The number of fused-ring (bicyclic) bond motifs is 1. The molecule has 0 radical (unpaired) electrons. The van der Waals surface area contributed by atoms with E-state index in [4.69, 9.17) is 4.98 Å². The minimum atomic E-state index is 0.0000446. The van der Waals surface area contributed by atoms with Crippen molar-refractivity contribution < 1.29 is 4.79 Å². The molecule has 4 rings (SSSR count). The number of para-hydroxylation sites is 1. The fraction of sp³-hybridized carbons (Fsp3) is 0.304. The summed E-state index contributed by atoms with van der Waals surface area (Å²) < 4.78 is 1.20. The molecule has 0 saturated heterocycles. The molecule has 154 valence electrons. The highest BCUT2D eigenvalue weighted by Gasteiger charge is 2.23. The molecule has 30 heavy (non-hydrogen) atoms. The van der Waals surface area contributed by atoms with Gasteiger partial charge < -0.3 is 10.6 Å². The maximum atomic E-state index is 12.5. The van der Waals surface area contributed by atoms with Crippen LogP contribution in [0.5, 0.6) is 0 Å². The molecule has 6 nitrogen and oxygen atoms in total. The average molecular weight is 420 g/mol. The molecule has 1 aliphatic heterocycles. The van der Waals surface area contributed by atoms with Gasteiger partial charge in [0, 0.05) is 19.2 Å². The van der Waals surface area contributed by atoms with Gasteiger partial charge in [0.2, 0.25) is 5.91 Å². The van der Waals surface area contributed by atoms with E-state index < -0.39 is 0 Å². The third-order valence-electron chi connectivity index (χ3n) is 5.07. The van der Waals surface area contributed by atoms with E-state index in [0.29, 0.717) is 13.0 Å². The molecule has 0 saturated carbocycles. The summed E-state index contributed by atoms with van der Waals surface area (Å²) in [5.41, 5.74) is 4.02. The largest absolute Gasteiger partial charge is 0.363 e. The van der Waals surface area contributed by atoms with Crippen molar-refractivity contribution in [1.82, 2.24) is 15.6 Å². The summed E-state index contributed by atoms with van der Waals surface area (Å²) in [5.74, 6) is 0.766. The highest BCUT2D eigenvalue weighted by Crippen LogP contribution is 2.32. The highest BCUT2D eigenvalue weighted by atomic mass is 32.1. The Morgan fingerprint density at radius 3 is 2.93 bits per heavy atom. The number of carbonyl (C=O) groups is 1. The van der Waals surface area contributed by atoms with Gasteiger partial charge in [-0.25, -0.2) is 4.98 Å². The molecule has 1 aromatic carbocycles. The van der Waals surface area contributed by atoms with Crippen molar-refractivity contribution in [3.8, 4) is 0 Å². The van der Waals surface area contributed by atoms with Crippen LogP contribution < -0.4 is 10.6 Å². The van der Waals surface area contributed by atoms with Crippen molar-refractivity contribution in [3.05, 3.63) is 59.3 Å². The lowest BCUT2D eigenvalue weighted by molar-refractivity contribution is -0.120. The van der Waals surface area contributed by atoms with E-state index >= 15 is 0 Å². The van der Waals surface area contributed by atoms with Crippen molar-refractivity contribution in [2.75, 3.05) is 13.6 Å². The Balaban J connectivity index is 1.32. The number of hydrogen-bond donors (Lipinski definition) is 2. The van der Waals surface area contributed by atoms with Gasteiger partial charge in [0.15, 0.2) is 0 Å². The SMILES string of the molecule is C/C=C\C(=NC)C1=NCC(CC(=O)NC2=CC=C(c3nc4ccccc4s3)CC2)N1. The number of hydrogen-bond acceptors (Lipinski definition) is 6. The molecule has 1 atom stereocenters. The van der Waals surface area contributed by atoms with Crippen LogP contribution in [0.2, 0.25) is 0 Å². The Bertz CT molecular complexity index is 1070. The first-order valence-corrected chi connectivity index (χ1v) is 10.9. The quantitative estimate of drug-likeness (QED) is 0.698. The summed E-state index contributed by atoms with van der Waals surface area (Å²) in [5, 5.41) is 7.42. The van der Waals surface area contributed by atoms with E-state index in [1.165, 1.54) is 10.3 Å². The van der Waals surface area contributed by atoms with E-state index in [9.17, 15) is 4.79 Å². The van der Waals surface area contributed by atoms with Gasteiger partial charge in [0.1, 0.15) is 10.8 Å². The molecule has 0 spiro atoms. The van der Waals surface area contributed by atoms with Crippen molar-refractivity contribution >= 4 is 44.6 Å². The van der Waals surface area contributed by atoms with Crippen molar-refractivity contribution in [1.29, 1.82) is 0 Å². The predicted molar refractivity (Wildman–Crippen MR) is 125 cm³/mol. The number of thiazole rings is 1. The number of benzene rings is 1. The molecule has 2 heterocycles. The maximum Gasteiger partial charge on any atom is 0.226 e. The molecule has 1 unspecified atom stereocenters. The molecule has 2 N–H and O–H groups in total. The first kappa shape index (κ1) is 20.2. The molecule has 2 aromatic rings. The highest BCUT2D eigenvalue weighted by molar-refractivity contribution is 7.19. The van der Waals surface area contributed by atoms with Crippen LogP contribution in [0.25, 0.3) is 15.8 Å². The molecule has 1 aromatic heterocycles. The van der Waals surface area contributed by atoms with Gasteiger partial charge in [-0.2, -0.15) is 0 Å². The second kappa shape index (κ2) is 9.17. The van der Waals surface area contributed by atoms with Crippen LogP contribution in [0.15, 0.2) is 64.3 Å². The molecule has 0 bridgehead atoms. The minimum Gasteiger partial charge on any atom is -0.363 e. The fourth-order valence-electron chi connectivity index (χ4n) is 3.56. The summed E-state index contributed by atoms with van der Waals surface area (Å²) in [7, 11) is 1.74. The lowest BCUT2D eigenvalue weighted by Gasteiger charge is -2.16. The molecule has 0 fully saturated rings. The lowest BCUT2D eigenvalue weighted by Crippen LogP contribution is -2.38. The zero-order chi connectivity index (χ0) is 20.9. The topological polar surface area (TPSA) is 78.7 Å². The predicted octanol–water partition coefficient (Wildman–Crippen LogP) is 3.88. The van der Waals surface area contributed by atoms with E-state index in [1.54, 1.807) is 18.4 Å². The summed E-state index contributed by atoms with van der Waals surface area (Å²) in [6.45, 7) is 2.53. The Labute approximate surface area is 180 Å². The zero-order valence-corrected chi connectivity index (χ0v) is 18.0. The molecular formula is C23H25N5OS. The number of rotatable bonds is 6. The number of amidine groups is 1. The maximum absolute atomic E-state index is 12.5. The second-order valence-corrected chi connectivity index (χ2v) is 8.29. The van der Waals surface area contributed by atoms with E-state index in [-0.39, 0.29) is 11.9 Å². The summed E-state index contributed by atoms with van der Waals surface area (Å²) >= 11 is 1.72. The Hall–Kier alpha value is -3.06. The molecule has 7 heteroatoms. The number of nitrogens with one attached hydrogen (secondary N) is 2. The summed E-state index contributed by atoms with van der Waals surface area (Å²) in [4.78, 5) is 25.9. The van der Waals surface area contributed by atoms with Crippen LogP contribution in [0.4, 0.5) is 0 Å². The molecular weight excluding hydrogens is 394 g/mol. The van der Waals surface area contributed by atoms with Gasteiger partial charge >= 0.3 is 0 Å². The molecule has 1 amide bonds. The van der Waals surface area contributed by atoms with Gasteiger partial charge in [-0.05, 0) is 49.6 Å². The number of nitrogens with zero attached hydrogens (tertiary/aromatic N) is 3. The Kier molecular flexibility index (Phi) is 6.18. The molecule has 2 aliphatic rings. The first-order valence-electron chi connectivity index (χ1n) is 10.1. The van der Waals surface area contributed by atoms with Crippen LogP contribution in [0.1, 0.15) is 31.2 Å². The third kappa shape index (κ3) is 4.57. The standard InChI is InChI=1S/C23H25N5OS/c1-3-6-19(24-2)22-25-14-17(27-22)13-21(29)26-16-11-9-15(10-12-16)23-28-18-7-4-5-8-20(18)30-23/h3-9,11,17H,10,12-14H2,1-2H3,(H,25,27)(H,26,29)/b6-3-,24-19?. The van der Waals surface area contributed by atoms with E-state index in [0.717, 1.165) is 40.6 Å². The van der Waals surface area contributed by atoms with E-state index in [2.05, 4.69) is 32.8 Å². The second-order valence-electron chi connectivity index (χ2n) is 7.26. The number of allylic oxidation sites excluding steroid dienone is 5. The summed E-state index contributed by atoms with van der Waals surface area (Å²) in [6.07, 6.45) is 9.98. The van der Waals surface area contributed by atoms with Crippen molar-refractivity contribution in [2.24, 2.45) is 9.98 Å². The van der Waals surface area contributed by atoms with Gasteiger partial charge in [0.25, 0.3) is 0 Å². The van der Waals surface area contributed by atoms with Gasteiger partial charge in [-0.15, -0.1) is 11.3 Å². The van der Waals surface area contributed by atoms with E-state index in [1.807, 2.05) is 43.4 Å². The van der Waals surface area contributed by atoms with Crippen LogP contribution in [-0.2, 0) is 4.79 Å².